The lowest BCUT2D eigenvalue weighted by Gasteiger charge is -2.36. The Balaban J connectivity index is 1.38. The maximum Gasteiger partial charge on any atom is 0.251 e. The van der Waals surface area contributed by atoms with Crippen LogP contribution in [0, 0.1) is 13.8 Å². The first-order chi connectivity index (χ1) is 14.0. The largest absolute Gasteiger partial charge is 0.368 e. The monoisotopic (exact) mass is 389 g/mol. The number of aromatic amines is 1. The van der Waals surface area contributed by atoms with E-state index in [9.17, 15) is 9.59 Å². The Morgan fingerprint density at radius 1 is 1.00 bits per heavy atom. The Bertz CT molecular complexity index is 1080. The van der Waals surface area contributed by atoms with Gasteiger partial charge in [0, 0.05) is 43.9 Å². The number of amides is 1. The van der Waals surface area contributed by atoms with Crippen molar-refractivity contribution in [3.63, 3.8) is 0 Å². The van der Waals surface area contributed by atoms with Gasteiger partial charge in [-0.05, 0) is 55.0 Å². The number of H-pyrrole nitrogens is 1. The van der Waals surface area contributed by atoms with Crippen LogP contribution < -0.4 is 10.5 Å². The van der Waals surface area contributed by atoms with Crippen LogP contribution in [0.2, 0.25) is 0 Å². The van der Waals surface area contributed by atoms with Gasteiger partial charge in [-0.1, -0.05) is 30.3 Å². The molecule has 5 nitrogen and oxygen atoms in total. The summed E-state index contributed by atoms with van der Waals surface area (Å²) in [6.07, 6.45) is 0.834. The van der Waals surface area contributed by atoms with E-state index in [2.05, 4.69) is 28.1 Å². The number of fused-ring (bicyclic) bond motifs is 1. The van der Waals surface area contributed by atoms with Crippen molar-refractivity contribution in [2.45, 2.75) is 26.7 Å². The van der Waals surface area contributed by atoms with E-state index >= 15 is 0 Å². The summed E-state index contributed by atoms with van der Waals surface area (Å²) in [4.78, 5) is 32.4. The van der Waals surface area contributed by atoms with Gasteiger partial charge >= 0.3 is 0 Å². The summed E-state index contributed by atoms with van der Waals surface area (Å²) in [6.45, 7) is 7.18. The number of carbonyl (C=O) groups excluding carboxylic acids is 1. The van der Waals surface area contributed by atoms with Gasteiger partial charge in [0.15, 0.2) is 0 Å². The van der Waals surface area contributed by atoms with Crippen LogP contribution in [0.15, 0.2) is 53.3 Å². The molecule has 0 saturated carbocycles. The van der Waals surface area contributed by atoms with Crippen molar-refractivity contribution in [2.24, 2.45) is 0 Å². The normalized spacial score (nSPS) is 14.4. The molecule has 0 atom stereocenters. The van der Waals surface area contributed by atoms with E-state index in [4.69, 9.17) is 0 Å². The van der Waals surface area contributed by atoms with E-state index < -0.39 is 0 Å². The van der Waals surface area contributed by atoms with E-state index in [0.717, 1.165) is 48.2 Å². The summed E-state index contributed by atoms with van der Waals surface area (Å²) in [5.41, 5.74) is 4.93. The average molecular weight is 389 g/mol. The molecule has 0 radical (unpaired) electrons. The molecule has 0 spiro atoms. The third-order valence-corrected chi connectivity index (χ3v) is 5.99. The number of nitrogens with zero attached hydrogens (tertiary/aromatic N) is 2. The first-order valence-electron chi connectivity index (χ1n) is 10.2. The predicted octanol–water partition coefficient (Wildman–Crippen LogP) is 3.43. The number of piperazine rings is 1. The van der Waals surface area contributed by atoms with Crippen LogP contribution in [-0.4, -0.2) is 42.0 Å². The minimum Gasteiger partial charge on any atom is -0.368 e. The highest BCUT2D eigenvalue weighted by molar-refractivity contribution is 5.83. The number of aryl methyl sites for hydroxylation is 3. The van der Waals surface area contributed by atoms with Crippen LogP contribution in [0.25, 0.3) is 10.9 Å². The van der Waals surface area contributed by atoms with Gasteiger partial charge in [-0.3, -0.25) is 9.59 Å². The van der Waals surface area contributed by atoms with Crippen molar-refractivity contribution in [1.29, 1.82) is 0 Å². The van der Waals surface area contributed by atoms with Gasteiger partial charge in [0.05, 0.1) is 5.52 Å². The van der Waals surface area contributed by atoms with E-state index in [0.29, 0.717) is 18.4 Å². The van der Waals surface area contributed by atoms with Gasteiger partial charge in [-0.2, -0.15) is 0 Å². The molecule has 150 valence electrons. The third kappa shape index (κ3) is 4.04. The summed E-state index contributed by atoms with van der Waals surface area (Å²) in [5.74, 6) is 0.122. The fourth-order valence-electron chi connectivity index (χ4n) is 4.01. The zero-order chi connectivity index (χ0) is 20.4. The topological polar surface area (TPSA) is 56.4 Å². The first kappa shape index (κ1) is 19.2. The highest BCUT2D eigenvalue weighted by atomic mass is 16.2. The Morgan fingerprint density at radius 2 is 1.72 bits per heavy atom. The van der Waals surface area contributed by atoms with E-state index in [-0.39, 0.29) is 11.5 Å². The smallest absolute Gasteiger partial charge is 0.251 e. The van der Waals surface area contributed by atoms with Crippen LogP contribution >= 0.6 is 0 Å². The minimum absolute atomic E-state index is 0.0899. The SMILES string of the molecule is Cc1ccc2cc(CCC(=O)N3CCN(c4ccccc4)CC3)c(=O)[nH]c2c1C. The number of rotatable bonds is 4. The molecule has 2 aromatic carbocycles. The van der Waals surface area contributed by atoms with Gasteiger partial charge in [-0.15, -0.1) is 0 Å². The minimum atomic E-state index is -0.0899. The van der Waals surface area contributed by atoms with E-state index in [1.165, 1.54) is 5.69 Å². The fourth-order valence-corrected chi connectivity index (χ4v) is 4.01. The second-order valence-corrected chi connectivity index (χ2v) is 7.80. The predicted molar refractivity (Wildman–Crippen MR) is 118 cm³/mol. The van der Waals surface area contributed by atoms with Crippen molar-refractivity contribution < 1.29 is 4.79 Å². The molecule has 1 aliphatic rings. The number of nitrogens with one attached hydrogen (secondary N) is 1. The molecule has 3 aromatic rings. The number of hydrogen-bond donors (Lipinski definition) is 1. The molecule has 1 amide bonds. The van der Waals surface area contributed by atoms with Crippen molar-refractivity contribution in [3.05, 3.63) is 75.6 Å². The van der Waals surface area contributed by atoms with Crippen LogP contribution in [0.4, 0.5) is 5.69 Å². The molecular formula is C24H27N3O2. The highest BCUT2D eigenvalue weighted by Gasteiger charge is 2.21. The maximum atomic E-state index is 12.7. The molecular weight excluding hydrogens is 362 g/mol. The Kier molecular flexibility index (Phi) is 5.38. The van der Waals surface area contributed by atoms with Crippen LogP contribution in [0.5, 0.6) is 0 Å². The van der Waals surface area contributed by atoms with E-state index in [1.54, 1.807) is 0 Å². The fraction of sp³-hybridized carbons (Fsp3) is 0.333. The lowest BCUT2D eigenvalue weighted by Crippen LogP contribution is -2.48. The number of aromatic nitrogens is 1. The number of hydrogen-bond acceptors (Lipinski definition) is 3. The molecule has 0 aliphatic carbocycles. The standard InChI is InChI=1S/C24H27N3O2/c1-17-8-9-19-16-20(24(29)25-23(19)18(17)2)10-11-22(28)27-14-12-26(13-15-27)21-6-4-3-5-7-21/h3-9,16H,10-15H2,1-2H3,(H,25,29). The summed E-state index contributed by atoms with van der Waals surface area (Å²) >= 11 is 0. The molecule has 0 bridgehead atoms. The summed E-state index contributed by atoms with van der Waals surface area (Å²) < 4.78 is 0. The highest BCUT2D eigenvalue weighted by Crippen LogP contribution is 2.20. The number of benzene rings is 2. The van der Waals surface area contributed by atoms with E-state index in [1.807, 2.05) is 49.1 Å². The molecule has 1 aromatic heterocycles. The molecule has 4 rings (SSSR count). The van der Waals surface area contributed by atoms with Crippen molar-refractivity contribution in [3.8, 4) is 0 Å². The van der Waals surface area contributed by atoms with Crippen molar-refractivity contribution in [1.82, 2.24) is 9.88 Å². The van der Waals surface area contributed by atoms with Gasteiger partial charge in [0.25, 0.3) is 5.56 Å². The Labute approximate surface area is 171 Å². The molecule has 1 fully saturated rings. The van der Waals surface area contributed by atoms with Crippen molar-refractivity contribution in [2.75, 3.05) is 31.1 Å². The number of para-hydroxylation sites is 1. The number of pyridine rings is 1. The van der Waals surface area contributed by atoms with Crippen molar-refractivity contribution >= 4 is 22.5 Å². The summed E-state index contributed by atoms with van der Waals surface area (Å²) in [6, 6.07) is 16.3. The second kappa shape index (κ2) is 8.11. The summed E-state index contributed by atoms with van der Waals surface area (Å²) in [7, 11) is 0. The molecule has 5 heteroatoms. The molecule has 1 saturated heterocycles. The van der Waals surface area contributed by atoms with Crippen LogP contribution in [-0.2, 0) is 11.2 Å². The molecule has 0 unspecified atom stereocenters. The molecule has 1 aliphatic heterocycles. The second-order valence-electron chi connectivity index (χ2n) is 7.80. The molecule has 1 N–H and O–H groups in total. The maximum absolute atomic E-state index is 12.7. The van der Waals surface area contributed by atoms with Crippen LogP contribution in [0.1, 0.15) is 23.1 Å². The summed E-state index contributed by atoms with van der Waals surface area (Å²) in [5, 5.41) is 1.02. The average Bonchev–Trinajstić information content (AvgIpc) is 2.76. The number of anilines is 1. The van der Waals surface area contributed by atoms with Gasteiger partial charge in [0.1, 0.15) is 0 Å². The quantitative estimate of drug-likeness (QED) is 0.744. The number of carbonyl (C=O) groups is 1. The molecule has 2 heterocycles. The zero-order valence-electron chi connectivity index (χ0n) is 17.1. The first-order valence-corrected chi connectivity index (χ1v) is 10.2. The lowest BCUT2D eigenvalue weighted by atomic mass is 10.0. The van der Waals surface area contributed by atoms with Gasteiger partial charge in [0.2, 0.25) is 5.91 Å². The third-order valence-electron chi connectivity index (χ3n) is 5.99. The van der Waals surface area contributed by atoms with Gasteiger partial charge in [-0.25, -0.2) is 0 Å². The van der Waals surface area contributed by atoms with Crippen LogP contribution in [0.3, 0.4) is 0 Å². The lowest BCUT2D eigenvalue weighted by molar-refractivity contribution is -0.131. The zero-order valence-corrected chi connectivity index (χ0v) is 17.1. The Morgan fingerprint density at radius 3 is 2.45 bits per heavy atom. The molecule has 29 heavy (non-hydrogen) atoms. The van der Waals surface area contributed by atoms with Gasteiger partial charge < -0.3 is 14.8 Å². The Hall–Kier alpha value is -3.08.